The lowest BCUT2D eigenvalue weighted by molar-refractivity contribution is 0.0609. The fourth-order valence-electron chi connectivity index (χ4n) is 4.41. The van der Waals surface area contributed by atoms with Crippen LogP contribution in [0.25, 0.3) is 11.0 Å². The summed E-state index contributed by atoms with van der Waals surface area (Å²) in [4.78, 5) is 24.8. The molecule has 182 valence electrons. The van der Waals surface area contributed by atoms with Gasteiger partial charge in [0.25, 0.3) is 5.91 Å². The van der Waals surface area contributed by atoms with Crippen molar-refractivity contribution in [1.82, 2.24) is 14.9 Å². The number of carbonyl (C=O) groups is 1. The van der Waals surface area contributed by atoms with Crippen molar-refractivity contribution in [2.45, 2.75) is 45.6 Å². The van der Waals surface area contributed by atoms with Crippen molar-refractivity contribution in [2.75, 3.05) is 26.1 Å². The summed E-state index contributed by atoms with van der Waals surface area (Å²) in [5, 5.41) is 4.60. The molecule has 1 atom stereocenters. The second-order valence-corrected chi connectivity index (χ2v) is 8.65. The van der Waals surface area contributed by atoms with Gasteiger partial charge in [0, 0.05) is 35.9 Å². The Morgan fingerprint density at radius 2 is 1.97 bits per heavy atom. The summed E-state index contributed by atoms with van der Waals surface area (Å²) < 4.78 is 10.9. The number of halogens is 2. The van der Waals surface area contributed by atoms with Gasteiger partial charge >= 0.3 is 0 Å². The van der Waals surface area contributed by atoms with Crippen LogP contribution in [0.3, 0.4) is 0 Å². The molecule has 1 amide bonds. The van der Waals surface area contributed by atoms with Crippen LogP contribution >= 0.6 is 24.0 Å². The molecule has 34 heavy (non-hydrogen) atoms. The Kier molecular flexibility index (Phi) is 8.44. The van der Waals surface area contributed by atoms with E-state index in [1.54, 1.807) is 32.5 Å². The van der Waals surface area contributed by atoms with Crippen LogP contribution in [0.15, 0.2) is 30.5 Å². The van der Waals surface area contributed by atoms with Crippen molar-refractivity contribution in [2.24, 2.45) is 0 Å². The molecule has 4 rings (SSSR count). The van der Waals surface area contributed by atoms with Crippen LogP contribution in [0.1, 0.15) is 48.7 Å². The van der Waals surface area contributed by atoms with E-state index in [1.807, 2.05) is 24.0 Å². The van der Waals surface area contributed by atoms with Gasteiger partial charge < -0.3 is 19.7 Å². The molecule has 1 unspecified atom stereocenters. The van der Waals surface area contributed by atoms with E-state index in [1.165, 1.54) is 0 Å². The lowest BCUT2D eigenvalue weighted by atomic mass is 9.98. The Bertz CT molecular complexity index is 1190. The number of benzene rings is 1. The van der Waals surface area contributed by atoms with Crippen LogP contribution in [0.5, 0.6) is 11.5 Å². The summed E-state index contributed by atoms with van der Waals surface area (Å²) in [6.07, 6.45) is 5.73. The molecule has 0 bridgehead atoms. The Morgan fingerprint density at radius 1 is 1.21 bits per heavy atom. The normalized spacial score (nSPS) is 15.6. The molecule has 9 heteroatoms. The van der Waals surface area contributed by atoms with Gasteiger partial charge in [-0.15, -0.1) is 12.4 Å². The van der Waals surface area contributed by atoms with E-state index in [2.05, 4.69) is 22.2 Å². The van der Waals surface area contributed by atoms with E-state index in [9.17, 15) is 4.79 Å². The molecule has 3 heterocycles. The molecule has 0 spiro atoms. The highest BCUT2D eigenvalue weighted by Crippen LogP contribution is 2.39. The first kappa shape index (κ1) is 25.8. The number of amides is 1. The third kappa shape index (κ3) is 5.00. The molecular weight excluding hydrogens is 475 g/mol. The van der Waals surface area contributed by atoms with Gasteiger partial charge in [-0.05, 0) is 50.8 Å². The predicted octanol–water partition coefficient (Wildman–Crippen LogP) is 6.18. The number of methoxy groups -OCH3 is 2. The van der Waals surface area contributed by atoms with Gasteiger partial charge in [0.2, 0.25) is 0 Å². The summed E-state index contributed by atoms with van der Waals surface area (Å²) >= 11 is 6.41. The highest BCUT2D eigenvalue weighted by molar-refractivity contribution is 6.32. The maximum absolute atomic E-state index is 13.8. The molecule has 3 aromatic rings. The SMILES string of the molecule is CCC1CCCCN1C(=O)c1cnc2nc(C)ccc2c1Nc1cc(Cl)c(OC)cc1OC.Cl. The zero-order valence-corrected chi connectivity index (χ0v) is 21.4. The van der Waals surface area contributed by atoms with Crippen LogP contribution < -0.4 is 14.8 Å². The van der Waals surface area contributed by atoms with Crippen molar-refractivity contribution in [1.29, 1.82) is 0 Å². The number of likely N-dealkylation sites (tertiary alicyclic amines) is 1. The maximum Gasteiger partial charge on any atom is 0.257 e. The molecule has 0 radical (unpaired) electrons. The highest BCUT2D eigenvalue weighted by atomic mass is 35.5. The second kappa shape index (κ2) is 11.1. The molecule has 1 saturated heterocycles. The third-order valence-corrected chi connectivity index (χ3v) is 6.49. The minimum absolute atomic E-state index is 0. The molecule has 7 nitrogen and oxygen atoms in total. The van der Waals surface area contributed by atoms with Crippen LogP contribution in [-0.2, 0) is 0 Å². The van der Waals surface area contributed by atoms with Gasteiger partial charge in [-0.1, -0.05) is 18.5 Å². The van der Waals surface area contributed by atoms with Crippen LogP contribution in [-0.4, -0.2) is 47.6 Å². The molecule has 1 N–H and O–H groups in total. The number of hydrogen-bond donors (Lipinski definition) is 1. The molecule has 1 aliphatic heterocycles. The monoisotopic (exact) mass is 504 g/mol. The van der Waals surface area contributed by atoms with Crippen molar-refractivity contribution < 1.29 is 14.3 Å². The number of ether oxygens (including phenoxy) is 2. The number of carbonyl (C=O) groups excluding carboxylic acids is 1. The number of piperidine rings is 1. The number of aryl methyl sites for hydroxylation is 1. The molecule has 1 aliphatic rings. The van der Waals surface area contributed by atoms with E-state index in [4.69, 9.17) is 21.1 Å². The Balaban J connectivity index is 0.00000324. The van der Waals surface area contributed by atoms with Crippen molar-refractivity contribution in [3.63, 3.8) is 0 Å². The Morgan fingerprint density at radius 3 is 2.68 bits per heavy atom. The van der Waals surface area contributed by atoms with Crippen molar-refractivity contribution in [3.05, 3.63) is 46.7 Å². The number of nitrogens with one attached hydrogen (secondary N) is 1. The zero-order chi connectivity index (χ0) is 23.5. The Hall–Kier alpha value is -2.77. The van der Waals surface area contributed by atoms with E-state index in [0.717, 1.165) is 43.3 Å². The van der Waals surface area contributed by atoms with Crippen molar-refractivity contribution >= 4 is 52.3 Å². The number of nitrogens with zero attached hydrogens (tertiary/aromatic N) is 3. The van der Waals surface area contributed by atoms with Crippen LogP contribution in [0.2, 0.25) is 5.02 Å². The first-order chi connectivity index (χ1) is 16.0. The third-order valence-electron chi connectivity index (χ3n) is 6.19. The summed E-state index contributed by atoms with van der Waals surface area (Å²) in [5.74, 6) is 1.02. The fourth-order valence-corrected chi connectivity index (χ4v) is 4.65. The highest BCUT2D eigenvalue weighted by Gasteiger charge is 2.29. The number of pyridine rings is 2. The standard InChI is InChI=1S/C25H29ClN4O3.ClH/c1-5-16-8-6-7-11-30(16)25(31)18-14-27-24-17(10-9-15(2)28-24)23(18)29-20-12-19(26)21(32-3)13-22(20)33-4;/h9-10,12-14,16H,5-8,11H2,1-4H3,(H,27,28,29);1H. The molecule has 2 aromatic heterocycles. The van der Waals surface area contributed by atoms with E-state index in [-0.39, 0.29) is 24.4 Å². The molecule has 0 saturated carbocycles. The van der Waals surface area contributed by atoms with Gasteiger partial charge in [-0.3, -0.25) is 4.79 Å². The first-order valence-corrected chi connectivity index (χ1v) is 11.6. The van der Waals surface area contributed by atoms with Crippen molar-refractivity contribution in [3.8, 4) is 11.5 Å². The summed E-state index contributed by atoms with van der Waals surface area (Å²) in [5.41, 5.74) is 3.18. The van der Waals surface area contributed by atoms with E-state index in [0.29, 0.717) is 39.1 Å². The number of rotatable bonds is 6. The number of hydrogen-bond acceptors (Lipinski definition) is 6. The van der Waals surface area contributed by atoms with Gasteiger partial charge in [-0.2, -0.15) is 0 Å². The van der Waals surface area contributed by atoms with Gasteiger partial charge in [0.15, 0.2) is 5.65 Å². The fraction of sp³-hybridized carbons (Fsp3) is 0.400. The average Bonchev–Trinajstić information content (AvgIpc) is 2.83. The molecule has 1 fully saturated rings. The summed E-state index contributed by atoms with van der Waals surface area (Å²) in [7, 11) is 3.13. The maximum atomic E-state index is 13.8. The van der Waals surface area contributed by atoms with E-state index >= 15 is 0 Å². The number of fused-ring (bicyclic) bond motifs is 1. The minimum Gasteiger partial charge on any atom is -0.495 e. The lowest BCUT2D eigenvalue weighted by Gasteiger charge is -2.35. The summed E-state index contributed by atoms with van der Waals surface area (Å²) in [6, 6.07) is 7.54. The number of aromatic nitrogens is 2. The summed E-state index contributed by atoms with van der Waals surface area (Å²) in [6.45, 7) is 4.79. The second-order valence-electron chi connectivity index (χ2n) is 8.24. The van der Waals surface area contributed by atoms with Crippen LogP contribution in [0.4, 0.5) is 11.4 Å². The molecular formula is C25H30Cl2N4O3. The van der Waals surface area contributed by atoms with Crippen LogP contribution in [0, 0.1) is 6.92 Å². The largest absolute Gasteiger partial charge is 0.495 e. The lowest BCUT2D eigenvalue weighted by Crippen LogP contribution is -2.43. The van der Waals surface area contributed by atoms with Gasteiger partial charge in [-0.25, -0.2) is 9.97 Å². The Labute approximate surface area is 211 Å². The minimum atomic E-state index is -0.0300. The van der Waals surface area contributed by atoms with E-state index < -0.39 is 0 Å². The predicted molar refractivity (Wildman–Crippen MR) is 138 cm³/mol. The smallest absolute Gasteiger partial charge is 0.257 e. The molecule has 0 aliphatic carbocycles. The first-order valence-electron chi connectivity index (χ1n) is 11.2. The van der Waals surface area contributed by atoms with Gasteiger partial charge in [0.1, 0.15) is 11.5 Å². The molecule has 1 aromatic carbocycles. The topological polar surface area (TPSA) is 76.6 Å². The average molecular weight is 505 g/mol. The number of anilines is 2. The quantitative estimate of drug-likeness (QED) is 0.431. The van der Waals surface area contributed by atoms with Gasteiger partial charge in [0.05, 0.1) is 36.2 Å². The zero-order valence-electron chi connectivity index (χ0n) is 19.9.